The molecule has 2 aromatic heterocycles. The Kier molecular flexibility index (Phi) is 5.06. The molecule has 2 heterocycles. The molecule has 0 saturated heterocycles. The quantitative estimate of drug-likeness (QED) is 0.489. The van der Waals surface area contributed by atoms with Crippen LogP contribution in [-0.4, -0.2) is 21.0 Å². The lowest BCUT2D eigenvalue weighted by Gasteiger charge is -2.09. The van der Waals surface area contributed by atoms with E-state index in [2.05, 4.69) is 20.4 Å². The van der Waals surface area contributed by atoms with E-state index in [1.807, 2.05) is 12.1 Å². The molecule has 2 aromatic carbocycles. The molecule has 0 radical (unpaired) electrons. The lowest BCUT2D eigenvalue weighted by Crippen LogP contribution is -2.13. The number of hydrogen-bond acceptors (Lipinski definition) is 5. The number of carbonyl (C=O) groups excluding carboxylic acids is 1. The van der Waals surface area contributed by atoms with E-state index in [-0.39, 0.29) is 11.5 Å². The van der Waals surface area contributed by atoms with Gasteiger partial charge in [-0.1, -0.05) is 40.5 Å². The highest BCUT2D eigenvalue weighted by atomic mass is 35.5. The molecule has 0 atom stereocenters. The van der Waals surface area contributed by atoms with Crippen LogP contribution in [0.25, 0.3) is 22.8 Å². The zero-order chi connectivity index (χ0) is 19.5. The van der Waals surface area contributed by atoms with Crippen molar-refractivity contribution in [3.05, 3.63) is 82.6 Å². The third kappa shape index (κ3) is 3.74. The van der Waals surface area contributed by atoms with Gasteiger partial charge < -0.3 is 9.84 Å². The standard InChI is InChI=1S/C20H12Cl2N4O2/c21-13-7-8-16(22)15(10-13)19(27)24-17-6-2-1-5-14(17)20-25-18(26-28-20)12-4-3-9-23-11-12/h1-11H,(H,24,27). The summed E-state index contributed by atoms with van der Waals surface area (Å²) in [5, 5.41) is 7.53. The van der Waals surface area contributed by atoms with Gasteiger partial charge in [0, 0.05) is 23.0 Å². The van der Waals surface area contributed by atoms with E-state index in [9.17, 15) is 4.79 Å². The fraction of sp³-hybridized carbons (Fsp3) is 0. The van der Waals surface area contributed by atoms with Gasteiger partial charge in [0.25, 0.3) is 11.8 Å². The molecule has 138 valence electrons. The van der Waals surface area contributed by atoms with Gasteiger partial charge in [0.1, 0.15) is 0 Å². The summed E-state index contributed by atoms with van der Waals surface area (Å²) >= 11 is 12.1. The summed E-state index contributed by atoms with van der Waals surface area (Å²) in [6.07, 6.45) is 3.31. The molecule has 0 aliphatic carbocycles. The molecule has 0 fully saturated rings. The molecule has 0 aliphatic heterocycles. The second-order valence-electron chi connectivity index (χ2n) is 5.79. The largest absolute Gasteiger partial charge is 0.334 e. The minimum absolute atomic E-state index is 0.269. The molecule has 0 bridgehead atoms. The third-order valence-electron chi connectivity index (χ3n) is 3.92. The second kappa shape index (κ2) is 7.80. The fourth-order valence-corrected chi connectivity index (χ4v) is 2.96. The monoisotopic (exact) mass is 410 g/mol. The normalized spacial score (nSPS) is 10.6. The highest BCUT2D eigenvalue weighted by molar-refractivity contribution is 6.36. The molecular weight excluding hydrogens is 399 g/mol. The predicted molar refractivity (Wildman–Crippen MR) is 107 cm³/mol. The van der Waals surface area contributed by atoms with Crippen LogP contribution in [0.3, 0.4) is 0 Å². The fourth-order valence-electron chi connectivity index (χ4n) is 2.58. The molecule has 0 spiro atoms. The minimum atomic E-state index is -0.396. The average molecular weight is 411 g/mol. The number of anilines is 1. The summed E-state index contributed by atoms with van der Waals surface area (Å²) in [7, 11) is 0. The van der Waals surface area contributed by atoms with Crippen molar-refractivity contribution in [3.8, 4) is 22.8 Å². The summed E-state index contributed by atoms with van der Waals surface area (Å²) in [4.78, 5) is 21.1. The van der Waals surface area contributed by atoms with Crippen LogP contribution in [0.5, 0.6) is 0 Å². The van der Waals surface area contributed by atoms with E-state index in [4.69, 9.17) is 27.7 Å². The number of nitrogens with zero attached hydrogens (tertiary/aromatic N) is 3. The maximum absolute atomic E-state index is 12.7. The van der Waals surface area contributed by atoms with Crippen molar-refractivity contribution in [3.63, 3.8) is 0 Å². The zero-order valence-electron chi connectivity index (χ0n) is 14.3. The van der Waals surface area contributed by atoms with E-state index in [0.717, 1.165) is 5.56 Å². The highest BCUT2D eigenvalue weighted by Gasteiger charge is 2.17. The molecule has 6 nitrogen and oxygen atoms in total. The van der Waals surface area contributed by atoms with E-state index in [1.54, 1.807) is 48.8 Å². The van der Waals surface area contributed by atoms with Gasteiger partial charge in [-0.15, -0.1) is 0 Å². The predicted octanol–water partition coefficient (Wildman–Crippen LogP) is 5.36. The topological polar surface area (TPSA) is 80.9 Å². The lowest BCUT2D eigenvalue weighted by molar-refractivity contribution is 0.102. The van der Waals surface area contributed by atoms with Crippen LogP contribution in [-0.2, 0) is 0 Å². The number of amides is 1. The van der Waals surface area contributed by atoms with Crippen LogP contribution in [0.15, 0.2) is 71.5 Å². The first-order valence-corrected chi connectivity index (χ1v) is 8.97. The Labute approximate surface area is 170 Å². The van der Waals surface area contributed by atoms with Crippen LogP contribution in [0.4, 0.5) is 5.69 Å². The smallest absolute Gasteiger partial charge is 0.260 e. The molecule has 4 aromatic rings. The summed E-state index contributed by atoms with van der Waals surface area (Å²) in [5.41, 5.74) is 2.08. The van der Waals surface area contributed by atoms with E-state index >= 15 is 0 Å². The maximum atomic E-state index is 12.7. The maximum Gasteiger partial charge on any atom is 0.260 e. The van der Waals surface area contributed by atoms with Crippen LogP contribution in [0.1, 0.15) is 10.4 Å². The molecule has 0 saturated carbocycles. The van der Waals surface area contributed by atoms with Crippen molar-refractivity contribution < 1.29 is 9.32 Å². The van der Waals surface area contributed by atoms with Crippen LogP contribution < -0.4 is 5.32 Å². The molecule has 0 unspecified atom stereocenters. The molecule has 1 N–H and O–H groups in total. The van der Waals surface area contributed by atoms with E-state index in [1.165, 1.54) is 6.07 Å². The van der Waals surface area contributed by atoms with Crippen molar-refractivity contribution in [2.45, 2.75) is 0 Å². The Morgan fingerprint density at radius 3 is 2.71 bits per heavy atom. The first-order valence-electron chi connectivity index (χ1n) is 8.22. The highest BCUT2D eigenvalue weighted by Crippen LogP contribution is 2.29. The van der Waals surface area contributed by atoms with Crippen LogP contribution in [0.2, 0.25) is 10.0 Å². The van der Waals surface area contributed by atoms with Crippen molar-refractivity contribution in [1.29, 1.82) is 0 Å². The van der Waals surface area contributed by atoms with Gasteiger partial charge in [-0.25, -0.2) is 0 Å². The first kappa shape index (κ1) is 18.2. The van der Waals surface area contributed by atoms with Crippen LogP contribution >= 0.6 is 23.2 Å². The molecule has 8 heteroatoms. The van der Waals surface area contributed by atoms with Gasteiger partial charge in [-0.3, -0.25) is 9.78 Å². The average Bonchev–Trinajstić information content (AvgIpc) is 3.21. The second-order valence-corrected chi connectivity index (χ2v) is 6.63. The summed E-state index contributed by atoms with van der Waals surface area (Å²) in [6, 6.07) is 15.4. The van der Waals surface area contributed by atoms with Crippen molar-refractivity contribution >= 4 is 34.8 Å². The zero-order valence-corrected chi connectivity index (χ0v) is 15.8. The SMILES string of the molecule is O=C(Nc1ccccc1-c1nc(-c2cccnc2)no1)c1cc(Cl)ccc1Cl. The molecule has 1 amide bonds. The minimum Gasteiger partial charge on any atom is -0.334 e. The number of rotatable bonds is 4. The number of hydrogen-bond donors (Lipinski definition) is 1. The first-order chi connectivity index (χ1) is 13.6. The number of benzene rings is 2. The van der Waals surface area contributed by atoms with Crippen LogP contribution in [0, 0.1) is 0 Å². The Morgan fingerprint density at radius 2 is 1.89 bits per heavy atom. The van der Waals surface area contributed by atoms with Crippen molar-refractivity contribution in [2.75, 3.05) is 5.32 Å². The van der Waals surface area contributed by atoms with Gasteiger partial charge in [-0.2, -0.15) is 4.98 Å². The molecule has 4 rings (SSSR count). The summed E-state index contributed by atoms with van der Waals surface area (Å²) < 4.78 is 5.39. The number of para-hydroxylation sites is 1. The van der Waals surface area contributed by atoms with Crippen molar-refractivity contribution in [2.24, 2.45) is 0 Å². The van der Waals surface area contributed by atoms with Gasteiger partial charge in [-0.05, 0) is 42.5 Å². The third-order valence-corrected chi connectivity index (χ3v) is 4.49. The van der Waals surface area contributed by atoms with E-state index < -0.39 is 5.91 Å². The Morgan fingerprint density at radius 1 is 1.04 bits per heavy atom. The Hall–Kier alpha value is -3.22. The van der Waals surface area contributed by atoms with Gasteiger partial charge in [0.15, 0.2) is 0 Å². The summed E-state index contributed by atoms with van der Waals surface area (Å²) in [6.45, 7) is 0. The molecular formula is C20H12Cl2N4O2. The molecule has 0 aliphatic rings. The van der Waals surface area contributed by atoms with Gasteiger partial charge in [0.05, 0.1) is 21.8 Å². The Balaban J connectivity index is 1.66. The Bertz CT molecular complexity index is 1150. The number of nitrogens with one attached hydrogen (secondary N) is 1. The molecule has 28 heavy (non-hydrogen) atoms. The number of halogens is 2. The van der Waals surface area contributed by atoms with Gasteiger partial charge in [0.2, 0.25) is 5.82 Å². The number of pyridine rings is 1. The number of carbonyl (C=O) groups is 1. The van der Waals surface area contributed by atoms with E-state index in [0.29, 0.717) is 27.1 Å². The number of aromatic nitrogens is 3. The van der Waals surface area contributed by atoms with Crippen molar-refractivity contribution in [1.82, 2.24) is 15.1 Å². The summed E-state index contributed by atoms with van der Waals surface area (Å²) in [5.74, 6) is 0.279. The van der Waals surface area contributed by atoms with Gasteiger partial charge >= 0.3 is 0 Å². The lowest BCUT2D eigenvalue weighted by atomic mass is 10.1.